The minimum atomic E-state index is 0.236. The maximum atomic E-state index is 9.34. The van der Waals surface area contributed by atoms with Gasteiger partial charge in [0, 0.05) is 31.0 Å². The second-order valence-corrected chi connectivity index (χ2v) is 4.50. The molecule has 0 radical (unpaired) electrons. The maximum absolute atomic E-state index is 9.34. The van der Waals surface area contributed by atoms with Crippen molar-refractivity contribution < 1.29 is 5.11 Å². The monoisotopic (exact) mass is 235 g/mol. The fourth-order valence-electron chi connectivity index (χ4n) is 2.31. The van der Waals surface area contributed by atoms with Gasteiger partial charge in [0.15, 0.2) is 0 Å². The molecule has 1 aliphatic rings. The zero-order valence-electron chi connectivity index (χ0n) is 10.4. The molecule has 1 unspecified atom stereocenters. The normalized spacial score (nSPS) is 19.6. The van der Waals surface area contributed by atoms with Crippen LogP contribution in [0.25, 0.3) is 0 Å². The number of hydrogen-bond acceptors (Lipinski definition) is 4. The molecular formula is C13H21N3O. The molecule has 0 saturated carbocycles. The number of hydrogen-bond donors (Lipinski definition) is 2. The minimum Gasteiger partial charge on any atom is -0.394 e. The van der Waals surface area contributed by atoms with Gasteiger partial charge in [0.2, 0.25) is 0 Å². The van der Waals surface area contributed by atoms with Gasteiger partial charge in [-0.1, -0.05) is 6.92 Å². The van der Waals surface area contributed by atoms with Gasteiger partial charge in [-0.25, -0.2) is 4.98 Å². The van der Waals surface area contributed by atoms with Crippen LogP contribution in [0, 0.1) is 0 Å². The van der Waals surface area contributed by atoms with Crippen molar-refractivity contribution in [1.82, 2.24) is 4.98 Å². The summed E-state index contributed by atoms with van der Waals surface area (Å²) in [5.41, 5.74) is 1.16. The molecule has 4 heteroatoms. The van der Waals surface area contributed by atoms with Gasteiger partial charge in [0.25, 0.3) is 0 Å². The first-order chi connectivity index (χ1) is 8.35. The van der Waals surface area contributed by atoms with E-state index in [0.717, 1.165) is 43.9 Å². The number of nitrogens with zero attached hydrogens (tertiary/aromatic N) is 2. The molecule has 1 aliphatic heterocycles. The summed E-state index contributed by atoms with van der Waals surface area (Å²) in [6, 6.07) is 4.37. The second-order valence-electron chi connectivity index (χ2n) is 4.50. The van der Waals surface area contributed by atoms with Crippen LogP contribution in [0.2, 0.25) is 0 Å². The van der Waals surface area contributed by atoms with Crippen molar-refractivity contribution in [2.24, 2.45) is 0 Å². The van der Waals surface area contributed by atoms with E-state index in [9.17, 15) is 5.11 Å². The number of nitrogens with one attached hydrogen (secondary N) is 1. The first-order valence-electron chi connectivity index (χ1n) is 6.42. The van der Waals surface area contributed by atoms with E-state index in [2.05, 4.69) is 28.2 Å². The lowest BCUT2D eigenvalue weighted by Gasteiger charge is -2.25. The Bertz CT molecular complexity index is 356. The summed E-state index contributed by atoms with van der Waals surface area (Å²) in [5.74, 6) is 0.924. The Hall–Kier alpha value is -1.29. The largest absolute Gasteiger partial charge is 0.394 e. The highest BCUT2D eigenvalue weighted by molar-refractivity contribution is 5.55. The van der Waals surface area contributed by atoms with E-state index in [-0.39, 0.29) is 12.6 Å². The number of aliphatic hydroxyl groups excluding tert-OH is 1. The van der Waals surface area contributed by atoms with Crippen molar-refractivity contribution in [3.63, 3.8) is 0 Å². The van der Waals surface area contributed by atoms with Gasteiger partial charge in [-0.3, -0.25) is 0 Å². The molecule has 94 valence electrons. The topological polar surface area (TPSA) is 48.4 Å². The summed E-state index contributed by atoms with van der Waals surface area (Å²) in [4.78, 5) is 6.58. The van der Waals surface area contributed by atoms with Crippen molar-refractivity contribution in [2.75, 3.05) is 29.9 Å². The van der Waals surface area contributed by atoms with Crippen LogP contribution in [0.3, 0.4) is 0 Å². The molecule has 2 N–H and O–H groups in total. The van der Waals surface area contributed by atoms with Crippen LogP contribution < -0.4 is 10.2 Å². The molecule has 0 bridgehead atoms. The molecule has 1 atom stereocenters. The van der Waals surface area contributed by atoms with E-state index < -0.39 is 0 Å². The van der Waals surface area contributed by atoms with Crippen LogP contribution in [-0.4, -0.2) is 35.8 Å². The molecule has 1 fully saturated rings. The predicted octanol–water partition coefficient (Wildman–Crippen LogP) is 1.86. The average Bonchev–Trinajstić information content (AvgIpc) is 2.85. The lowest BCUT2D eigenvalue weighted by molar-refractivity contribution is 0.266. The molecule has 2 heterocycles. The molecule has 1 saturated heterocycles. The third kappa shape index (κ3) is 2.88. The van der Waals surface area contributed by atoms with Gasteiger partial charge >= 0.3 is 0 Å². The van der Waals surface area contributed by atoms with Crippen LogP contribution in [-0.2, 0) is 0 Å². The second kappa shape index (κ2) is 5.87. The number of aromatic nitrogens is 1. The average molecular weight is 235 g/mol. The van der Waals surface area contributed by atoms with Crippen molar-refractivity contribution in [2.45, 2.75) is 32.2 Å². The summed E-state index contributed by atoms with van der Waals surface area (Å²) in [6.45, 7) is 4.35. The number of aliphatic hydroxyl groups is 1. The van der Waals surface area contributed by atoms with Crippen LogP contribution in [0.4, 0.5) is 11.5 Å². The Morgan fingerprint density at radius 3 is 3.24 bits per heavy atom. The highest BCUT2D eigenvalue weighted by Gasteiger charge is 2.23. The molecule has 4 nitrogen and oxygen atoms in total. The quantitative estimate of drug-likeness (QED) is 0.818. The van der Waals surface area contributed by atoms with Gasteiger partial charge in [0.05, 0.1) is 12.6 Å². The van der Waals surface area contributed by atoms with E-state index in [1.54, 1.807) is 0 Å². The van der Waals surface area contributed by atoms with Crippen molar-refractivity contribution in [3.8, 4) is 0 Å². The molecule has 1 aromatic rings. The molecule has 0 aromatic carbocycles. The van der Waals surface area contributed by atoms with Crippen LogP contribution in [0.15, 0.2) is 18.3 Å². The van der Waals surface area contributed by atoms with Gasteiger partial charge < -0.3 is 15.3 Å². The highest BCUT2D eigenvalue weighted by Crippen LogP contribution is 2.26. The van der Waals surface area contributed by atoms with Gasteiger partial charge in [-0.2, -0.15) is 0 Å². The Morgan fingerprint density at radius 1 is 1.59 bits per heavy atom. The molecule has 2 rings (SSSR count). The molecule has 1 aromatic heterocycles. The Balaban J connectivity index is 2.09. The van der Waals surface area contributed by atoms with Gasteiger partial charge in [0.1, 0.15) is 5.82 Å². The zero-order chi connectivity index (χ0) is 12.1. The minimum absolute atomic E-state index is 0.236. The highest BCUT2D eigenvalue weighted by atomic mass is 16.3. The van der Waals surface area contributed by atoms with E-state index in [1.807, 2.05) is 12.3 Å². The molecule has 0 amide bonds. The zero-order valence-corrected chi connectivity index (χ0v) is 10.4. The summed E-state index contributed by atoms with van der Waals surface area (Å²) in [6.07, 6.45) is 5.16. The number of pyridine rings is 1. The van der Waals surface area contributed by atoms with Gasteiger partial charge in [-0.05, 0) is 25.3 Å². The van der Waals surface area contributed by atoms with Crippen molar-refractivity contribution in [1.29, 1.82) is 0 Å². The SMILES string of the molecule is CCCNc1cc(N2CCCC2CO)ccn1. The fraction of sp³-hybridized carbons (Fsp3) is 0.615. The number of rotatable bonds is 5. The lowest BCUT2D eigenvalue weighted by atomic mass is 10.2. The summed E-state index contributed by atoms with van der Waals surface area (Å²) < 4.78 is 0. The Kier molecular flexibility index (Phi) is 4.20. The molecule has 0 aliphatic carbocycles. The maximum Gasteiger partial charge on any atom is 0.127 e. The van der Waals surface area contributed by atoms with E-state index in [0.29, 0.717) is 0 Å². The third-order valence-corrected chi connectivity index (χ3v) is 3.22. The third-order valence-electron chi connectivity index (χ3n) is 3.22. The van der Waals surface area contributed by atoms with E-state index >= 15 is 0 Å². The van der Waals surface area contributed by atoms with E-state index in [1.165, 1.54) is 0 Å². The fourth-order valence-corrected chi connectivity index (χ4v) is 2.31. The predicted molar refractivity (Wildman–Crippen MR) is 70.5 cm³/mol. The standard InChI is InChI=1S/C13H21N3O/c1-2-6-14-13-9-11(5-7-15-13)16-8-3-4-12(16)10-17/h5,7,9,12,17H,2-4,6,8,10H2,1H3,(H,14,15). The van der Waals surface area contributed by atoms with Gasteiger partial charge in [-0.15, -0.1) is 0 Å². The number of anilines is 2. The molecule has 0 spiro atoms. The van der Waals surface area contributed by atoms with Crippen molar-refractivity contribution >= 4 is 11.5 Å². The first-order valence-corrected chi connectivity index (χ1v) is 6.42. The molecular weight excluding hydrogens is 214 g/mol. The summed E-state index contributed by atoms with van der Waals surface area (Å²) >= 11 is 0. The summed E-state index contributed by atoms with van der Waals surface area (Å²) in [7, 11) is 0. The van der Waals surface area contributed by atoms with E-state index in [4.69, 9.17) is 0 Å². The van der Waals surface area contributed by atoms with Crippen molar-refractivity contribution in [3.05, 3.63) is 18.3 Å². The van der Waals surface area contributed by atoms with Crippen LogP contribution in [0.5, 0.6) is 0 Å². The molecule has 17 heavy (non-hydrogen) atoms. The van der Waals surface area contributed by atoms with Crippen LogP contribution in [0.1, 0.15) is 26.2 Å². The first kappa shape index (κ1) is 12.2. The summed E-state index contributed by atoms with van der Waals surface area (Å²) in [5, 5.41) is 12.6. The van der Waals surface area contributed by atoms with Crippen LogP contribution >= 0.6 is 0 Å². The Morgan fingerprint density at radius 2 is 2.47 bits per heavy atom. The lowest BCUT2D eigenvalue weighted by Crippen LogP contribution is -2.32. The Labute approximate surface area is 103 Å². The smallest absolute Gasteiger partial charge is 0.127 e.